The van der Waals surface area contributed by atoms with Crippen LogP contribution in [0.25, 0.3) is 0 Å². The van der Waals surface area contributed by atoms with Crippen molar-refractivity contribution >= 4 is 11.6 Å². The molecule has 0 aromatic heterocycles. The molecule has 0 radical (unpaired) electrons. The van der Waals surface area contributed by atoms with Gasteiger partial charge in [0.1, 0.15) is 0 Å². The van der Waals surface area contributed by atoms with E-state index in [2.05, 4.69) is 42.3 Å². The van der Waals surface area contributed by atoms with Gasteiger partial charge in [-0.25, -0.2) is 0 Å². The van der Waals surface area contributed by atoms with Gasteiger partial charge in [-0.15, -0.1) is 0 Å². The zero-order valence-electron chi connectivity index (χ0n) is 11.9. The van der Waals surface area contributed by atoms with Gasteiger partial charge < -0.3 is 10.2 Å². The van der Waals surface area contributed by atoms with E-state index in [-0.39, 0.29) is 11.9 Å². The number of hydrogen-bond acceptors (Lipinski definition) is 2. The fourth-order valence-electron chi connectivity index (χ4n) is 3.47. The van der Waals surface area contributed by atoms with E-state index in [4.69, 9.17) is 0 Å². The highest BCUT2D eigenvalue weighted by Crippen LogP contribution is 2.40. The number of nitrogens with zero attached hydrogens (tertiary/aromatic N) is 1. The normalized spacial score (nSPS) is 25.7. The molecule has 0 spiro atoms. The first-order valence-electron chi connectivity index (χ1n) is 7.24. The van der Waals surface area contributed by atoms with Crippen molar-refractivity contribution in [3.63, 3.8) is 0 Å². The van der Waals surface area contributed by atoms with E-state index in [0.717, 1.165) is 19.3 Å². The maximum Gasteiger partial charge on any atom is 0.244 e. The lowest BCUT2D eigenvalue weighted by atomic mass is 9.97. The van der Waals surface area contributed by atoms with Gasteiger partial charge in [0.2, 0.25) is 5.91 Å². The monoisotopic (exact) mass is 258 g/mol. The molecular formula is C16H22N2O. The summed E-state index contributed by atoms with van der Waals surface area (Å²) in [5.41, 5.74) is 3.90. The van der Waals surface area contributed by atoms with Crippen LogP contribution in [0.5, 0.6) is 0 Å². The number of likely N-dealkylation sites (N-methyl/N-ethyl adjacent to an activating group) is 1. The van der Waals surface area contributed by atoms with Gasteiger partial charge in [-0.05, 0) is 43.4 Å². The Labute approximate surface area is 115 Å². The number of carbonyl (C=O) groups excluding carboxylic acids is 1. The van der Waals surface area contributed by atoms with Crippen molar-refractivity contribution in [1.29, 1.82) is 0 Å². The fourth-order valence-corrected chi connectivity index (χ4v) is 3.47. The average molecular weight is 258 g/mol. The molecule has 0 saturated heterocycles. The number of nitrogens with one attached hydrogen (secondary N) is 1. The Bertz CT molecular complexity index is 509. The molecule has 2 heterocycles. The summed E-state index contributed by atoms with van der Waals surface area (Å²) in [4.78, 5) is 14.9. The Morgan fingerprint density at radius 1 is 1.32 bits per heavy atom. The summed E-state index contributed by atoms with van der Waals surface area (Å²) in [5.74, 6) is 0.740. The minimum absolute atomic E-state index is 0.0420. The van der Waals surface area contributed by atoms with Crippen molar-refractivity contribution in [2.45, 2.75) is 45.2 Å². The van der Waals surface area contributed by atoms with Crippen molar-refractivity contribution in [3.05, 3.63) is 29.3 Å². The van der Waals surface area contributed by atoms with Crippen molar-refractivity contribution < 1.29 is 4.79 Å². The van der Waals surface area contributed by atoms with Crippen molar-refractivity contribution in [3.8, 4) is 0 Å². The number of benzene rings is 1. The van der Waals surface area contributed by atoms with Gasteiger partial charge in [0, 0.05) is 6.04 Å². The number of rotatable bonds is 2. The lowest BCUT2D eigenvalue weighted by Gasteiger charge is -2.30. The molecule has 0 aliphatic carbocycles. The molecule has 3 rings (SSSR count). The van der Waals surface area contributed by atoms with Crippen molar-refractivity contribution in [2.24, 2.45) is 5.92 Å². The van der Waals surface area contributed by atoms with E-state index >= 15 is 0 Å². The SMILES string of the molecule is CNC1CCc2cccc3c2N(C1=O)C(C(C)C)C3. The van der Waals surface area contributed by atoms with Gasteiger partial charge in [0.25, 0.3) is 0 Å². The molecule has 3 nitrogen and oxygen atoms in total. The third-order valence-corrected chi connectivity index (χ3v) is 4.56. The summed E-state index contributed by atoms with van der Waals surface area (Å²) >= 11 is 0. The van der Waals surface area contributed by atoms with Crippen LogP contribution in [-0.4, -0.2) is 25.0 Å². The minimum atomic E-state index is -0.0420. The van der Waals surface area contributed by atoms with Gasteiger partial charge in [-0.2, -0.15) is 0 Å². The molecule has 2 unspecified atom stereocenters. The number of carbonyl (C=O) groups is 1. The molecular weight excluding hydrogens is 236 g/mol. The van der Waals surface area contributed by atoms with E-state index in [1.54, 1.807) is 0 Å². The standard InChI is InChI=1S/C16H22N2O/c1-10(2)14-9-12-6-4-5-11-7-8-13(17-3)16(19)18(14)15(11)12/h4-6,10,13-14,17H,7-9H2,1-3H3. The number of amides is 1. The van der Waals surface area contributed by atoms with Crippen LogP contribution in [-0.2, 0) is 17.6 Å². The molecule has 0 saturated carbocycles. The quantitative estimate of drug-likeness (QED) is 0.881. The maximum absolute atomic E-state index is 12.8. The number of hydrogen-bond donors (Lipinski definition) is 1. The van der Waals surface area contributed by atoms with Crippen molar-refractivity contribution in [2.75, 3.05) is 11.9 Å². The smallest absolute Gasteiger partial charge is 0.244 e. The molecule has 0 fully saturated rings. The number of aryl methyl sites for hydroxylation is 1. The predicted octanol–water partition coefficient (Wildman–Crippen LogP) is 2.13. The molecule has 3 heteroatoms. The molecule has 1 aromatic rings. The molecule has 19 heavy (non-hydrogen) atoms. The summed E-state index contributed by atoms with van der Waals surface area (Å²) in [6, 6.07) is 6.78. The van der Waals surface area contributed by atoms with Gasteiger partial charge in [-0.1, -0.05) is 32.0 Å². The molecule has 2 atom stereocenters. The van der Waals surface area contributed by atoms with Gasteiger partial charge in [-0.3, -0.25) is 4.79 Å². The average Bonchev–Trinajstić information content (AvgIpc) is 2.72. The fraction of sp³-hybridized carbons (Fsp3) is 0.562. The van der Waals surface area contributed by atoms with Crippen LogP contribution < -0.4 is 10.2 Å². The Balaban J connectivity index is 2.11. The lowest BCUT2D eigenvalue weighted by molar-refractivity contribution is -0.121. The Morgan fingerprint density at radius 2 is 2.05 bits per heavy atom. The van der Waals surface area contributed by atoms with Gasteiger partial charge in [0.15, 0.2) is 0 Å². The summed E-state index contributed by atoms with van der Waals surface area (Å²) < 4.78 is 0. The highest BCUT2D eigenvalue weighted by atomic mass is 16.2. The summed E-state index contributed by atoms with van der Waals surface area (Å²) in [5, 5.41) is 3.18. The third kappa shape index (κ3) is 1.88. The second-order valence-corrected chi connectivity index (χ2v) is 6.03. The van der Waals surface area contributed by atoms with Crippen LogP contribution in [0.1, 0.15) is 31.4 Å². The summed E-state index contributed by atoms with van der Waals surface area (Å²) in [6.45, 7) is 4.42. The van der Waals surface area contributed by atoms with E-state index in [1.165, 1.54) is 16.8 Å². The molecule has 2 aliphatic heterocycles. The maximum atomic E-state index is 12.8. The van der Waals surface area contributed by atoms with Crippen LogP contribution >= 0.6 is 0 Å². The Kier molecular flexibility index (Phi) is 3.09. The van der Waals surface area contributed by atoms with Crippen LogP contribution in [0.15, 0.2) is 18.2 Å². The highest BCUT2D eigenvalue weighted by Gasteiger charge is 2.40. The molecule has 2 aliphatic rings. The van der Waals surface area contributed by atoms with Crippen LogP contribution in [0, 0.1) is 5.92 Å². The number of para-hydroxylation sites is 1. The molecule has 1 amide bonds. The number of anilines is 1. The third-order valence-electron chi connectivity index (χ3n) is 4.56. The van der Waals surface area contributed by atoms with E-state index in [1.807, 2.05) is 7.05 Å². The second kappa shape index (κ2) is 4.64. The van der Waals surface area contributed by atoms with E-state index < -0.39 is 0 Å². The predicted molar refractivity (Wildman–Crippen MR) is 77.4 cm³/mol. The van der Waals surface area contributed by atoms with Gasteiger partial charge >= 0.3 is 0 Å². The molecule has 102 valence electrons. The highest BCUT2D eigenvalue weighted by molar-refractivity contribution is 6.01. The minimum Gasteiger partial charge on any atom is -0.309 e. The zero-order chi connectivity index (χ0) is 13.6. The van der Waals surface area contributed by atoms with Crippen LogP contribution in [0.2, 0.25) is 0 Å². The van der Waals surface area contributed by atoms with Crippen LogP contribution in [0.4, 0.5) is 5.69 Å². The first kappa shape index (κ1) is 12.7. The Morgan fingerprint density at radius 3 is 2.74 bits per heavy atom. The topological polar surface area (TPSA) is 32.3 Å². The summed E-state index contributed by atoms with van der Waals surface area (Å²) in [7, 11) is 1.89. The van der Waals surface area contributed by atoms with E-state index in [0.29, 0.717) is 12.0 Å². The molecule has 0 bridgehead atoms. The first-order valence-corrected chi connectivity index (χ1v) is 7.24. The zero-order valence-corrected chi connectivity index (χ0v) is 11.9. The molecule has 1 N–H and O–H groups in total. The summed E-state index contributed by atoms with van der Waals surface area (Å²) in [6.07, 6.45) is 2.89. The molecule has 1 aromatic carbocycles. The van der Waals surface area contributed by atoms with Gasteiger partial charge in [0.05, 0.1) is 11.7 Å². The largest absolute Gasteiger partial charge is 0.309 e. The van der Waals surface area contributed by atoms with Crippen molar-refractivity contribution in [1.82, 2.24) is 5.32 Å². The second-order valence-electron chi connectivity index (χ2n) is 6.03. The lowest BCUT2D eigenvalue weighted by Crippen LogP contribution is -2.49. The van der Waals surface area contributed by atoms with E-state index in [9.17, 15) is 4.79 Å². The Hall–Kier alpha value is -1.35. The first-order chi connectivity index (χ1) is 9.13. The van der Waals surface area contributed by atoms with Crippen LogP contribution in [0.3, 0.4) is 0 Å².